The fraction of sp³-hybridized carbons (Fsp3) is 0.533. The third-order valence-electron chi connectivity index (χ3n) is 3.42. The molecule has 1 aromatic heterocycles. The third kappa shape index (κ3) is 3.44. The fourth-order valence-corrected chi connectivity index (χ4v) is 2.72. The van der Waals surface area contributed by atoms with Gasteiger partial charge in [-0.1, -0.05) is 37.8 Å². The van der Waals surface area contributed by atoms with E-state index in [1.807, 2.05) is 0 Å². The zero-order valence-corrected chi connectivity index (χ0v) is 13.1. The lowest BCUT2D eigenvalue weighted by Crippen LogP contribution is -2.05. The number of halogens is 3. The van der Waals surface area contributed by atoms with E-state index >= 15 is 0 Å². The largest absolute Gasteiger partial charge is 0.328 e. The first-order chi connectivity index (χ1) is 9.67. The van der Waals surface area contributed by atoms with Crippen LogP contribution in [0.5, 0.6) is 0 Å². The molecule has 1 aromatic carbocycles. The number of unbranched alkanes of at least 4 members (excludes halogenated alkanes) is 3. The van der Waals surface area contributed by atoms with Crippen molar-refractivity contribution < 1.29 is 4.39 Å². The standard InChI is InChI=1S/C15H19Cl2FN2/c1-2-3-4-5-8-20-14-9-11(17)12(18)10-13(14)19-15(20)6-7-16/h9-10H,2-8H2,1H3. The average molecular weight is 317 g/mol. The van der Waals surface area contributed by atoms with Gasteiger partial charge in [-0.25, -0.2) is 9.37 Å². The number of fused-ring (bicyclic) bond motifs is 1. The van der Waals surface area contributed by atoms with Crippen molar-refractivity contribution in [1.82, 2.24) is 9.55 Å². The molecule has 0 aliphatic rings. The molecule has 2 aromatic rings. The van der Waals surface area contributed by atoms with Crippen molar-refractivity contribution in [2.45, 2.75) is 45.6 Å². The van der Waals surface area contributed by atoms with E-state index in [1.165, 1.54) is 25.3 Å². The molecule has 0 bridgehead atoms. The quantitative estimate of drug-likeness (QED) is 0.507. The molecule has 0 amide bonds. The second-order valence-electron chi connectivity index (χ2n) is 4.93. The SMILES string of the molecule is CCCCCCn1c(CCCl)nc2cc(F)c(Cl)cc21. The number of nitrogens with zero attached hydrogens (tertiary/aromatic N) is 2. The van der Waals surface area contributed by atoms with Crippen LogP contribution in [-0.2, 0) is 13.0 Å². The summed E-state index contributed by atoms with van der Waals surface area (Å²) in [7, 11) is 0. The molecule has 0 unspecified atom stereocenters. The molecule has 2 nitrogen and oxygen atoms in total. The molecule has 0 radical (unpaired) electrons. The average Bonchev–Trinajstić information content (AvgIpc) is 2.73. The predicted octanol–water partition coefficient (Wildman–Crippen LogP) is 5.19. The Bertz CT molecular complexity index is 581. The van der Waals surface area contributed by atoms with Gasteiger partial charge in [0.1, 0.15) is 11.6 Å². The number of aromatic nitrogens is 2. The van der Waals surface area contributed by atoms with Gasteiger partial charge in [0.15, 0.2) is 0 Å². The number of aryl methyl sites for hydroxylation is 2. The van der Waals surface area contributed by atoms with Crippen LogP contribution in [0.1, 0.15) is 38.4 Å². The lowest BCUT2D eigenvalue weighted by atomic mass is 10.2. The molecule has 1 heterocycles. The zero-order chi connectivity index (χ0) is 14.5. The Morgan fingerprint density at radius 2 is 2.05 bits per heavy atom. The van der Waals surface area contributed by atoms with Gasteiger partial charge in [-0.3, -0.25) is 0 Å². The van der Waals surface area contributed by atoms with Crippen molar-refractivity contribution in [2.24, 2.45) is 0 Å². The van der Waals surface area contributed by atoms with Crippen LogP contribution in [0.4, 0.5) is 4.39 Å². The normalized spacial score (nSPS) is 11.4. The van der Waals surface area contributed by atoms with E-state index in [0.29, 0.717) is 17.8 Å². The first kappa shape index (κ1) is 15.6. The molecular formula is C15H19Cl2FN2. The van der Waals surface area contributed by atoms with Crippen molar-refractivity contribution >= 4 is 34.2 Å². The van der Waals surface area contributed by atoms with Crippen LogP contribution in [-0.4, -0.2) is 15.4 Å². The Morgan fingerprint density at radius 1 is 1.25 bits per heavy atom. The van der Waals surface area contributed by atoms with Crippen LogP contribution in [0.2, 0.25) is 5.02 Å². The number of hydrogen-bond donors (Lipinski definition) is 0. The van der Waals surface area contributed by atoms with Gasteiger partial charge in [0.05, 0.1) is 16.1 Å². The van der Waals surface area contributed by atoms with Gasteiger partial charge < -0.3 is 4.57 Å². The molecule has 0 aliphatic heterocycles. The fourth-order valence-electron chi connectivity index (χ4n) is 2.39. The van der Waals surface area contributed by atoms with Crippen molar-refractivity contribution in [1.29, 1.82) is 0 Å². The minimum absolute atomic E-state index is 0.143. The van der Waals surface area contributed by atoms with Crippen LogP contribution >= 0.6 is 23.2 Å². The Kier molecular flexibility index (Phi) is 5.67. The number of imidazole rings is 1. The van der Waals surface area contributed by atoms with Crippen LogP contribution < -0.4 is 0 Å². The van der Waals surface area contributed by atoms with Gasteiger partial charge in [-0.15, -0.1) is 11.6 Å². The van der Waals surface area contributed by atoms with Gasteiger partial charge in [0.2, 0.25) is 0 Å². The molecule has 0 N–H and O–H groups in total. The lowest BCUT2D eigenvalue weighted by Gasteiger charge is -2.08. The topological polar surface area (TPSA) is 17.8 Å². The highest BCUT2D eigenvalue weighted by Crippen LogP contribution is 2.25. The van der Waals surface area contributed by atoms with Gasteiger partial charge in [0.25, 0.3) is 0 Å². The van der Waals surface area contributed by atoms with Gasteiger partial charge in [-0.2, -0.15) is 0 Å². The van der Waals surface area contributed by atoms with Crippen LogP contribution in [0, 0.1) is 5.82 Å². The molecule has 2 rings (SSSR count). The molecule has 0 aliphatic carbocycles. The van der Waals surface area contributed by atoms with E-state index < -0.39 is 5.82 Å². The van der Waals surface area contributed by atoms with Crippen LogP contribution in [0.15, 0.2) is 12.1 Å². The molecule has 110 valence electrons. The molecule has 0 atom stereocenters. The van der Waals surface area contributed by atoms with Gasteiger partial charge in [-0.05, 0) is 12.5 Å². The summed E-state index contributed by atoms with van der Waals surface area (Å²) in [6.07, 6.45) is 5.39. The third-order valence-corrected chi connectivity index (χ3v) is 3.90. The van der Waals surface area contributed by atoms with Crippen molar-refractivity contribution in [2.75, 3.05) is 5.88 Å². The summed E-state index contributed by atoms with van der Waals surface area (Å²) in [6.45, 7) is 3.07. The first-order valence-electron chi connectivity index (χ1n) is 7.07. The second kappa shape index (κ2) is 7.28. The van der Waals surface area contributed by atoms with Gasteiger partial charge in [0, 0.05) is 24.9 Å². The summed E-state index contributed by atoms with van der Waals surface area (Å²) in [6, 6.07) is 3.06. The summed E-state index contributed by atoms with van der Waals surface area (Å²) in [4.78, 5) is 4.48. The predicted molar refractivity (Wildman–Crippen MR) is 83.3 cm³/mol. The molecule has 0 spiro atoms. The maximum Gasteiger partial charge on any atom is 0.144 e. The van der Waals surface area contributed by atoms with E-state index in [-0.39, 0.29) is 5.02 Å². The zero-order valence-electron chi connectivity index (χ0n) is 11.6. The molecule has 0 saturated carbocycles. The summed E-state index contributed by atoms with van der Waals surface area (Å²) < 4.78 is 15.6. The van der Waals surface area contributed by atoms with Crippen molar-refractivity contribution in [3.05, 3.63) is 28.8 Å². The summed E-state index contributed by atoms with van der Waals surface area (Å²) in [5, 5.41) is 0.143. The highest BCUT2D eigenvalue weighted by atomic mass is 35.5. The summed E-state index contributed by atoms with van der Waals surface area (Å²) >= 11 is 11.7. The Labute approximate surface area is 128 Å². The van der Waals surface area contributed by atoms with E-state index in [9.17, 15) is 4.39 Å². The Balaban J connectivity index is 2.32. The van der Waals surface area contributed by atoms with Crippen LogP contribution in [0.3, 0.4) is 0 Å². The van der Waals surface area contributed by atoms with E-state index in [2.05, 4.69) is 16.5 Å². The van der Waals surface area contributed by atoms with Crippen molar-refractivity contribution in [3.8, 4) is 0 Å². The second-order valence-corrected chi connectivity index (χ2v) is 5.72. The number of alkyl halides is 1. The van der Waals surface area contributed by atoms with Crippen molar-refractivity contribution in [3.63, 3.8) is 0 Å². The summed E-state index contributed by atoms with van der Waals surface area (Å²) in [5.41, 5.74) is 1.55. The monoisotopic (exact) mass is 316 g/mol. The first-order valence-corrected chi connectivity index (χ1v) is 7.98. The number of benzene rings is 1. The number of rotatable bonds is 7. The highest BCUT2D eigenvalue weighted by molar-refractivity contribution is 6.31. The minimum atomic E-state index is -0.424. The van der Waals surface area contributed by atoms with Gasteiger partial charge >= 0.3 is 0 Å². The van der Waals surface area contributed by atoms with Crippen LogP contribution in [0.25, 0.3) is 11.0 Å². The molecular weight excluding hydrogens is 298 g/mol. The Morgan fingerprint density at radius 3 is 2.75 bits per heavy atom. The lowest BCUT2D eigenvalue weighted by molar-refractivity contribution is 0.576. The molecule has 5 heteroatoms. The molecule has 0 fully saturated rings. The number of hydrogen-bond acceptors (Lipinski definition) is 1. The van der Waals surface area contributed by atoms with E-state index in [0.717, 1.165) is 24.3 Å². The minimum Gasteiger partial charge on any atom is -0.328 e. The smallest absolute Gasteiger partial charge is 0.144 e. The highest BCUT2D eigenvalue weighted by Gasteiger charge is 2.13. The molecule has 20 heavy (non-hydrogen) atoms. The summed E-state index contributed by atoms with van der Waals surface area (Å²) in [5.74, 6) is 0.995. The van der Waals surface area contributed by atoms with E-state index in [1.54, 1.807) is 6.07 Å². The Hall–Kier alpha value is -0.800. The maximum atomic E-state index is 13.5. The van der Waals surface area contributed by atoms with E-state index in [4.69, 9.17) is 23.2 Å². The maximum absolute atomic E-state index is 13.5. The molecule has 0 saturated heterocycles.